The topological polar surface area (TPSA) is 53.6 Å². The van der Waals surface area contributed by atoms with Crippen molar-refractivity contribution in [3.05, 3.63) is 29.8 Å². The molecule has 0 bridgehead atoms. The molecule has 0 saturated carbocycles. The minimum atomic E-state index is 0.0781. The van der Waals surface area contributed by atoms with E-state index in [1.165, 1.54) is 0 Å². The van der Waals surface area contributed by atoms with Crippen LogP contribution in [0.3, 0.4) is 0 Å². The number of ether oxygens (including phenoxy) is 1. The summed E-state index contributed by atoms with van der Waals surface area (Å²) in [5, 5.41) is 6.31. The third kappa shape index (κ3) is 5.73. The van der Waals surface area contributed by atoms with Gasteiger partial charge in [0.25, 0.3) is 0 Å². The number of hydrogen-bond acceptors (Lipinski definition) is 4. The quantitative estimate of drug-likeness (QED) is 0.774. The Bertz CT molecular complexity index is 428. The maximum absolute atomic E-state index is 11.9. The Hall–Kier alpha value is -1.59. The molecular weight excluding hydrogens is 266 g/mol. The number of rotatable bonds is 7. The van der Waals surface area contributed by atoms with Crippen LogP contribution >= 0.6 is 0 Å². The first-order valence-corrected chi connectivity index (χ1v) is 7.69. The normalized spacial score (nSPS) is 15.7. The molecular formula is C16H25N3O2. The molecule has 116 valence electrons. The van der Waals surface area contributed by atoms with Crippen LogP contribution in [-0.2, 0) is 11.2 Å². The lowest BCUT2D eigenvalue weighted by Crippen LogP contribution is -2.46. The molecule has 1 heterocycles. The Morgan fingerprint density at radius 2 is 2.00 bits per heavy atom. The van der Waals surface area contributed by atoms with Crippen molar-refractivity contribution in [3.63, 3.8) is 0 Å². The van der Waals surface area contributed by atoms with Gasteiger partial charge in [-0.3, -0.25) is 9.69 Å². The van der Waals surface area contributed by atoms with Gasteiger partial charge in [-0.2, -0.15) is 0 Å². The standard InChI is InChI=1S/C16H25N3O2/c1-2-21-15-5-3-14(4-6-15)13-16(20)18-9-12-19-10-7-17-8-11-19/h3-6,17H,2,7-13H2,1H3,(H,18,20). The van der Waals surface area contributed by atoms with Gasteiger partial charge < -0.3 is 15.4 Å². The van der Waals surface area contributed by atoms with Gasteiger partial charge in [-0.25, -0.2) is 0 Å². The Kier molecular flexibility index (Phi) is 6.50. The van der Waals surface area contributed by atoms with Crippen molar-refractivity contribution < 1.29 is 9.53 Å². The van der Waals surface area contributed by atoms with Crippen molar-refractivity contribution in [2.45, 2.75) is 13.3 Å². The molecule has 1 aliphatic heterocycles. The summed E-state index contributed by atoms with van der Waals surface area (Å²) >= 11 is 0. The molecule has 1 fully saturated rings. The van der Waals surface area contributed by atoms with Crippen LogP contribution < -0.4 is 15.4 Å². The molecule has 1 aromatic rings. The highest BCUT2D eigenvalue weighted by atomic mass is 16.5. The Labute approximate surface area is 126 Å². The van der Waals surface area contributed by atoms with Crippen LogP contribution in [0.25, 0.3) is 0 Å². The SMILES string of the molecule is CCOc1ccc(CC(=O)NCCN2CCNCC2)cc1. The molecule has 0 atom stereocenters. The first-order valence-electron chi connectivity index (χ1n) is 7.69. The van der Waals surface area contributed by atoms with Gasteiger partial charge in [-0.15, -0.1) is 0 Å². The molecule has 2 N–H and O–H groups in total. The summed E-state index contributed by atoms with van der Waals surface area (Å²) in [7, 11) is 0. The van der Waals surface area contributed by atoms with Crippen molar-refractivity contribution >= 4 is 5.91 Å². The summed E-state index contributed by atoms with van der Waals surface area (Å²) in [6.45, 7) is 8.47. The van der Waals surface area contributed by atoms with Crippen LogP contribution in [0.4, 0.5) is 0 Å². The average Bonchev–Trinajstić information content (AvgIpc) is 2.51. The lowest BCUT2D eigenvalue weighted by atomic mass is 10.1. The molecule has 2 rings (SSSR count). The predicted molar refractivity (Wildman–Crippen MR) is 83.6 cm³/mol. The molecule has 1 aromatic carbocycles. The average molecular weight is 291 g/mol. The molecule has 0 radical (unpaired) electrons. The summed E-state index contributed by atoms with van der Waals surface area (Å²) in [5.74, 6) is 0.926. The summed E-state index contributed by atoms with van der Waals surface area (Å²) < 4.78 is 5.39. The lowest BCUT2D eigenvalue weighted by Gasteiger charge is -2.27. The maximum Gasteiger partial charge on any atom is 0.224 e. The fourth-order valence-electron chi connectivity index (χ4n) is 2.41. The number of carbonyl (C=O) groups is 1. The highest BCUT2D eigenvalue weighted by Gasteiger charge is 2.09. The second-order valence-corrected chi connectivity index (χ2v) is 5.20. The van der Waals surface area contributed by atoms with E-state index in [2.05, 4.69) is 15.5 Å². The molecule has 1 amide bonds. The van der Waals surface area contributed by atoms with Gasteiger partial charge in [0.2, 0.25) is 5.91 Å². The van der Waals surface area contributed by atoms with E-state index in [1.54, 1.807) is 0 Å². The summed E-state index contributed by atoms with van der Waals surface area (Å²) in [4.78, 5) is 14.3. The fourth-order valence-corrected chi connectivity index (χ4v) is 2.41. The van der Waals surface area contributed by atoms with Gasteiger partial charge in [0.15, 0.2) is 0 Å². The highest BCUT2D eigenvalue weighted by Crippen LogP contribution is 2.12. The number of benzene rings is 1. The Morgan fingerprint density at radius 3 is 2.67 bits per heavy atom. The fraction of sp³-hybridized carbons (Fsp3) is 0.562. The molecule has 1 aliphatic rings. The first kappa shape index (κ1) is 15.8. The van der Waals surface area contributed by atoms with Crippen molar-refractivity contribution in [2.24, 2.45) is 0 Å². The lowest BCUT2D eigenvalue weighted by molar-refractivity contribution is -0.120. The molecule has 0 aliphatic carbocycles. The Balaban J connectivity index is 1.66. The number of carbonyl (C=O) groups excluding carboxylic acids is 1. The van der Waals surface area contributed by atoms with E-state index in [-0.39, 0.29) is 5.91 Å². The van der Waals surface area contributed by atoms with Crippen LogP contribution in [0.15, 0.2) is 24.3 Å². The number of nitrogens with one attached hydrogen (secondary N) is 2. The van der Waals surface area contributed by atoms with E-state index in [0.29, 0.717) is 13.0 Å². The molecule has 0 spiro atoms. The van der Waals surface area contributed by atoms with E-state index in [9.17, 15) is 4.79 Å². The Morgan fingerprint density at radius 1 is 1.29 bits per heavy atom. The second kappa shape index (κ2) is 8.64. The van der Waals surface area contributed by atoms with E-state index in [0.717, 1.165) is 50.6 Å². The number of nitrogens with zero attached hydrogens (tertiary/aromatic N) is 1. The smallest absolute Gasteiger partial charge is 0.224 e. The largest absolute Gasteiger partial charge is 0.494 e. The van der Waals surface area contributed by atoms with Crippen molar-refractivity contribution in [2.75, 3.05) is 45.9 Å². The van der Waals surface area contributed by atoms with Gasteiger partial charge >= 0.3 is 0 Å². The van der Waals surface area contributed by atoms with Crippen LogP contribution in [-0.4, -0.2) is 56.7 Å². The minimum Gasteiger partial charge on any atom is -0.494 e. The van der Waals surface area contributed by atoms with Crippen LogP contribution in [0.1, 0.15) is 12.5 Å². The van der Waals surface area contributed by atoms with Crippen LogP contribution in [0, 0.1) is 0 Å². The van der Waals surface area contributed by atoms with E-state index >= 15 is 0 Å². The number of hydrogen-bond donors (Lipinski definition) is 2. The molecule has 1 saturated heterocycles. The second-order valence-electron chi connectivity index (χ2n) is 5.20. The monoisotopic (exact) mass is 291 g/mol. The molecule has 21 heavy (non-hydrogen) atoms. The minimum absolute atomic E-state index is 0.0781. The van der Waals surface area contributed by atoms with Gasteiger partial charge in [-0.05, 0) is 24.6 Å². The third-order valence-electron chi connectivity index (χ3n) is 3.56. The molecule has 5 heteroatoms. The van der Waals surface area contributed by atoms with E-state index < -0.39 is 0 Å². The summed E-state index contributed by atoms with van der Waals surface area (Å²) in [6.07, 6.45) is 0.425. The van der Waals surface area contributed by atoms with Gasteiger partial charge in [0, 0.05) is 39.3 Å². The summed E-state index contributed by atoms with van der Waals surface area (Å²) in [5.41, 5.74) is 1.01. The molecule has 5 nitrogen and oxygen atoms in total. The third-order valence-corrected chi connectivity index (χ3v) is 3.56. The van der Waals surface area contributed by atoms with Gasteiger partial charge in [-0.1, -0.05) is 12.1 Å². The molecule has 0 unspecified atom stereocenters. The predicted octanol–water partition coefficient (Wildman–Crippen LogP) is 0.649. The zero-order valence-corrected chi connectivity index (χ0v) is 12.7. The maximum atomic E-state index is 11.9. The zero-order chi connectivity index (χ0) is 14.9. The van der Waals surface area contributed by atoms with Crippen molar-refractivity contribution in [3.8, 4) is 5.75 Å². The van der Waals surface area contributed by atoms with Crippen molar-refractivity contribution in [1.29, 1.82) is 0 Å². The number of piperazine rings is 1. The summed E-state index contributed by atoms with van der Waals surface area (Å²) in [6, 6.07) is 7.71. The van der Waals surface area contributed by atoms with E-state index in [1.807, 2.05) is 31.2 Å². The van der Waals surface area contributed by atoms with Gasteiger partial charge in [0.1, 0.15) is 5.75 Å². The highest BCUT2D eigenvalue weighted by molar-refractivity contribution is 5.78. The first-order chi connectivity index (χ1) is 10.3. The van der Waals surface area contributed by atoms with Crippen LogP contribution in [0.2, 0.25) is 0 Å². The van der Waals surface area contributed by atoms with E-state index in [4.69, 9.17) is 4.74 Å². The van der Waals surface area contributed by atoms with Gasteiger partial charge in [0.05, 0.1) is 13.0 Å². The zero-order valence-electron chi connectivity index (χ0n) is 12.7. The number of amides is 1. The van der Waals surface area contributed by atoms with Crippen molar-refractivity contribution in [1.82, 2.24) is 15.5 Å². The molecule has 0 aromatic heterocycles. The van der Waals surface area contributed by atoms with Crippen LogP contribution in [0.5, 0.6) is 5.75 Å².